The third kappa shape index (κ3) is 6.71. The highest BCUT2D eigenvalue weighted by Gasteiger charge is 2.14. The van der Waals surface area contributed by atoms with E-state index >= 15 is 0 Å². The number of nitrogens with one attached hydrogen (secondary N) is 1. The number of para-hydroxylation sites is 2. The third-order valence-electron chi connectivity index (χ3n) is 2.52. The minimum Gasteiger partial charge on any atom is -0.477 e. The van der Waals surface area contributed by atoms with Crippen LogP contribution in [0.1, 0.15) is 20.3 Å². The van der Waals surface area contributed by atoms with E-state index < -0.39 is 4.92 Å². The summed E-state index contributed by atoms with van der Waals surface area (Å²) in [5.74, 6) is -0.238. The van der Waals surface area contributed by atoms with E-state index in [9.17, 15) is 14.9 Å². The zero-order valence-corrected chi connectivity index (χ0v) is 12.2. The summed E-state index contributed by atoms with van der Waals surface area (Å²) in [6.45, 7) is 4.68. The number of hydrogen-bond acceptors (Lipinski definition) is 5. The first kappa shape index (κ1) is 16.9. The molecule has 0 unspecified atom stereocenters. The highest BCUT2D eigenvalue weighted by atomic mass is 16.6. The molecule has 21 heavy (non-hydrogen) atoms. The van der Waals surface area contributed by atoms with Crippen LogP contribution in [-0.4, -0.2) is 36.7 Å². The quantitative estimate of drug-likeness (QED) is 0.427. The monoisotopic (exact) mass is 296 g/mol. The second-order valence-corrected chi connectivity index (χ2v) is 4.64. The molecule has 0 bridgehead atoms. The zero-order valence-electron chi connectivity index (χ0n) is 12.2. The Morgan fingerprint density at radius 3 is 2.76 bits per heavy atom. The first-order chi connectivity index (χ1) is 10.0. The lowest BCUT2D eigenvalue weighted by atomic mass is 10.3. The molecule has 0 spiro atoms. The van der Waals surface area contributed by atoms with E-state index in [0.29, 0.717) is 19.6 Å². The molecular weight excluding hydrogens is 276 g/mol. The molecule has 0 heterocycles. The molecule has 1 rings (SSSR count). The fraction of sp³-hybridized carbons (Fsp3) is 0.500. The number of hydrogen-bond donors (Lipinski definition) is 1. The van der Waals surface area contributed by atoms with E-state index in [1.165, 1.54) is 12.1 Å². The van der Waals surface area contributed by atoms with Crippen molar-refractivity contribution in [3.8, 4) is 5.75 Å². The summed E-state index contributed by atoms with van der Waals surface area (Å²) in [4.78, 5) is 21.8. The van der Waals surface area contributed by atoms with Gasteiger partial charge < -0.3 is 14.8 Å². The molecule has 1 N–H and O–H groups in total. The molecule has 7 heteroatoms. The number of nitro groups is 1. The fourth-order valence-electron chi connectivity index (χ4n) is 1.54. The number of carbonyl (C=O) groups is 1. The van der Waals surface area contributed by atoms with Crippen molar-refractivity contribution in [3.05, 3.63) is 34.4 Å². The van der Waals surface area contributed by atoms with Gasteiger partial charge in [-0.2, -0.15) is 0 Å². The lowest BCUT2D eigenvalue weighted by molar-refractivity contribution is -0.385. The number of amides is 1. The molecule has 0 atom stereocenters. The molecule has 0 aliphatic rings. The molecule has 0 fully saturated rings. The van der Waals surface area contributed by atoms with E-state index in [4.69, 9.17) is 9.47 Å². The number of nitro benzene ring substituents is 1. The number of carbonyl (C=O) groups excluding carboxylic acids is 1. The Labute approximate surface area is 123 Å². The SMILES string of the molecule is CC(C)OCCCNC(=O)COc1ccccc1[N+](=O)[O-]. The van der Waals surface area contributed by atoms with Gasteiger partial charge in [0.25, 0.3) is 5.91 Å². The zero-order chi connectivity index (χ0) is 15.7. The van der Waals surface area contributed by atoms with Crippen LogP contribution < -0.4 is 10.1 Å². The van der Waals surface area contributed by atoms with Crippen molar-refractivity contribution in [1.29, 1.82) is 0 Å². The van der Waals surface area contributed by atoms with Crippen molar-refractivity contribution in [2.24, 2.45) is 0 Å². The van der Waals surface area contributed by atoms with Crippen molar-refractivity contribution in [1.82, 2.24) is 5.32 Å². The summed E-state index contributed by atoms with van der Waals surface area (Å²) in [5, 5.41) is 13.4. The van der Waals surface area contributed by atoms with Gasteiger partial charge in [0.15, 0.2) is 12.4 Å². The molecule has 0 radical (unpaired) electrons. The molecule has 1 aromatic rings. The van der Waals surface area contributed by atoms with Crippen molar-refractivity contribution in [2.45, 2.75) is 26.4 Å². The largest absolute Gasteiger partial charge is 0.477 e. The van der Waals surface area contributed by atoms with Crippen LogP contribution in [0, 0.1) is 10.1 Å². The van der Waals surface area contributed by atoms with Gasteiger partial charge in [0.1, 0.15) is 0 Å². The van der Waals surface area contributed by atoms with E-state index in [2.05, 4.69) is 5.32 Å². The maximum Gasteiger partial charge on any atom is 0.310 e. The van der Waals surface area contributed by atoms with E-state index in [-0.39, 0.29) is 30.1 Å². The topological polar surface area (TPSA) is 90.7 Å². The predicted octanol–water partition coefficient (Wildman–Crippen LogP) is 1.90. The normalized spacial score (nSPS) is 10.4. The van der Waals surface area contributed by atoms with E-state index in [1.54, 1.807) is 12.1 Å². The number of nitrogens with zero attached hydrogens (tertiary/aromatic N) is 1. The molecule has 7 nitrogen and oxygen atoms in total. The van der Waals surface area contributed by atoms with Crippen LogP contribution in [0.2, 0.25) is 0 Å². The van der Waals surface area contributed by atoms with Crippen molar-refractivity contribution < 1.29 is 19.2 Å². The smallest absolute Gasteiger partial charge is 0.310 e. The van der Waals surface area contributed by atoms with Gasteiger partial charge in [0, 0.05) is 19.2 Å². The summed E-state index contributed by atoms with van der Waals surface area (Å²) in [5.41, 5.74) is -0.157. The predicted molar refractivity (Wildman–Crippen MR) is 77.3 cm³/mol. The first-order valence-electron chi connectivity index (χ1n) is 6.75. The van der Waals surface area contributed by atoms with Gasteiger partial charge in [-0.1, -0.05) is 12.1 Å². The van der Waals surface area contributed by atoms with Gasteiger partial charge in [0.2, 0.25) is 0 Å². The first-order valence-corrected chi connectivity index (χ1v) is 6.75. The Morgan fingerprint density at radius 2 is 2.10 bits per heavy atom. The van der Waals surface area contributed by atoms with Crippen molar-refractivity contribution >= 4 is 11.6 Å². The van der Waals surface area contributed by atoms with E-state index in [0.717, 1.165) is 0 Å². The van der Waals surface area contributed by atoms with Crippen LogP contribution in [0.15, 0.2) is 24.3 Å². The number of ether oxygens (including phenoxy) is 2. The van der Waals surface area contributed by atoms with Gasteiger partial charge >= 0.3 is 5.69 Å². The third-order valence-corrected chi connectivity index (χ3v) is 2.52. The highest BCUT2D eigenvalue weighted by molar-refractivity contribution is 5.77. The molecule has 0 aliphatic heterocycles. The van der Waals surface area contributed by atoms with Crippen molar-refractivity contribution in [3.63, 3.8) is 0 Å². The lowest BCUT2D eigenvalue weighted by Gasteiger charge is -2.09. The van der Waals surface area contributed by atoms with Gasteiger partial charge in [-0.3, -0.25) is 14.9 Å². The van der Waals surface area contributed by atoms with Crippen LogP contribution in [0.3, 0.4) is 0 Å². The van der Waals surface area contributed by atoms with Crippen LogP contribution in [0.5, 0.6) is 5.75 Å². The second kappa shape index (κ2) is 8.91. The maximum atomic E-state index is 11.5. The Morgan fingerprint density at radius 1 is 1.38 bits per heavy atom. The van der Waals surface area contributed by atoms with Gasteiger partial charge in [-0.05, 0) is 26.3 Å². The maximum absolute atomic E-state index is 11.5. The van der Waals surface area contributed by atoms with Crippen LogP contribution in [-0.2, 0) is 9.53 Å². The molecule has 1 amide bonds. The Kier molecular flexibility index (Phi) is 7.17. The second-order valence-electron chi connectivity index (χ2n) is 4.64. The summed E-state index contributed by atoms with van der Waals surface area (Å²) >= 11 is 0. The Bertz CT molecular complexity index is 476. The van der Waals surface area contributed by atoms with Gasteiger partial charge in [-0.15, -0.1) is 0 Å². The van der Waals surface area contributed by atoms with Gasteiger partial charge in [0.05, 0.1) is 11.0 Å². The minimum absolute atomic E-state index is 0.0841. The number of rotatable bonds is 9. The molecule has 0 aromatic heterocycles. The molecule has 1 aromatic carbocycles. The standard InChI is InChI=1S/C14H20N2O5/c1-11(2)20-9-5-8-15-14(17)10-21-13-7-4-3-6-12(13)16(18)19/h3-4,6-7,11H,5,8-10H2,1-2H3,(H,15,17). The molecule has 0 saturated heterocycles. The average molecular weight is 296 g/mol. The van der Waals surface area contributed by atoms with Crippen LogP contribution in [0.4, 0.5) is 5.69 Å². The summed E-state index contributed by atoms with van der Waals surface area (Å²) in [7, 11) is 0. The fourth-order valence-corrected chi connectivity index (χ4v) is 1.54. The number of benzene rings is 1. The Balaban J connectivity index is 2.29. The summed E-state index contributed by atoms with van der Waals surface area (Å²) < 4.78 is 10.5. The molecule has 0 aliphatic carbocycles. The van der Waals surface area contributed by atoms with Crippen LogP contribution >= 0.6 is 0 Å². The Hall–Kier alpha value is -2.15. The molecule has 116 valence electrons. The van der Waals surface area contributed by atoms with E-state index in [1.807, 2.05) is 13.8 Å². The van der Waals surface area contributed by atoms with Crippen LogP contribution in [0.25, 0.3) is 0 Å². The minimum atomic E-state index is -0.545. The molecular formula is C14H20N2O5. The highest BCUT2D eigenvalue weighted by Crippen LogP contribution is 2.25. The molecule has 0 saturated carbocycles. The van der Waals surface area contributed by atoms with Crippen molar-refractivity contribution in [2.75, 3.05) is 19.8 Å². The average Bonchev–Trinajstić information content (AvgIpc) is 2.44. The summed E-state index contributed by atoms with van der Waals surface area (Å²) in [6.07, 6.45) is 0.873. The lowest BCUT2D eigenvalue weighted by Crippen LogP contribution is -2.30. The van der Waals surface area contributed by atoms with Gasteiger partial charge in [-0.25, -0.2) is 0 Å². The summed E-state index contributed by atoms with van der Waals surface area (Å²) in [6, 6.07) is 5.95.